The lowest BCUT2D eigenvalue weighted by Gasteiger charge is -2.23. The molecule has 4 rings (SSSR count). The number of amides is 1. The van der Waals surface area contributed by atoms with Crippen LogP contribution in [-0.2, 0) is 26.1 Å². The Labute approximate surface area is 233 Å². The number of nitrogens with zero attached hydrogens (tertiary/aromatic N) is 1. The van der Waals surface area contributed by atoms with E-state index in [4.69, 9.17) is 37.1 Å². The molecule has 3 aromatic carbocycles. The summed E-state index contributed by atoms with van der Waals surface area (Å²) in [6.07, 6.45) is 0.586. The molecule has 4 aromatic rings. The monoisotopic (exact) mass is 552 g/mol. The Morgan fingerprint density at radius 2 is 1.68 bits per heavy atom. The Bertz CT molecular complexity index is 1360. The molecule has 0 aliphatic carbocycles. The van der Waals surface area contributed by atoms with Gasteiger partial charge < -0.3 is 19.2 Å². The predicted molar refractivity (Wildman–Crippen MR) is 150 cm³/mol. The van der Waals surface area contributed by atoms with Crippen LogP contribution >= 0.6 is 23.2 Å². The topological polar surface area (TPSA) is 63.9 Å². The van der Waals surface area contributed by atoms with Gasteiger partial charge in [-0.3, -0.25) is 9.69 Å². The van der Waals surface area contributed by atoms with Crippen molar-refractivity contribution in [1.82, 2.24) is 10.2 Å². The summed E-state index contributed by atoms with van der Waals surface area (Å²) in [5.74, 6) is 2.22. The minimum Gasteiger partial charge on any atom is -0.497 e. The van der Waals surface area contributed by atoms with Gasteiger partial charge in [-0.25, -0.2) is 0 Å². The molecule has 0 spiro atoms. The van der Waals surface area contributed by atoms with E-state index in [1.165, 1.54) is 5.56 Å². The Morgan fingerprint density at radius 3 is 2.42 bits per heavy atom. The molecule has 0 saturated carbocycles. The van der Waals surface area contributed by atoms with Gasteiger partial charge in [-0.1, -0.05) is 59.6 Å². The second-order valence-corrected chi connectivity index (χ2v) is 9.66. The third-order valence-corrected chi connectivity index (χ3v) is 6.68. The number of benzene rings is 3. The molecule has 1 amide bonds. The number of hydrogen-bond donors (Lipinski definition) is 1. The molecule has 0 fully saturated rings. The number of furan rings is 1. The maximum atomic E-state index is 12.7. The number of rotatable bonds is 12. The molecule has 0 atom stereocenters. The van der Waals surface area contributed by atoms with Crippen molar-refractivity contribution in [3.63, 3.8) is 0 Å². The van der Waals surface area contributed by atoms with E-state index in [1.807, 2.05) is 48.5 Å². The Morgan fingerprint density at radius 1 is 0.868 bits per heavy atom. The largest absolute Gasteiger partial charge is 0.497 e. The fourth-order valence-corrected chi connectivity index (χ4v) is 4.69. The first kappa shape index (κ1) is 27.6. The number of carbonyl (C=O) groups is 1. The van der Waals surface area contributed by atoms with Crippen molar-refractivity contribution < 1.29 is 18.7 Å². The summed E-state index contributed by atoms with van der Waals surface area (Å²) in [5, 5.41) is 4.06. The second kappa shape index (κ2) is 13.4. The summed E-state index contributed by atoms with van der Waals surface area (Å²) in [4.78, 5) is 14.9. The fraction of sp³-hybridized carbons (Fsp3) is 0.233. The maximum absolute atomic E-state index is 12.7. The first-order valence-electron chi connectivity index (χ1n) is 12.2. The summed E-state index contributed by atoms with van der Waals surface area (Å²) >= 11 is 12.2. The van der Waals surface area contributed by atoms with Crippen LogP contribution < -0.4 is 14.8 Å². The highest BCUT2D eigenvalue weighted by Gasteiger charge is 2.17. The first-order valence-corrected chi connectivity index (χ1v) is 13.0. The number of carbonyl (C=O) groups excluding carboxylic acids is 1. The molecule has 6 nitrogen and oxygen atoms in total. The van der Waals surface area contributed by atoms with E-state index in [9.17, 15) is 4.79 Å². The van der Waals surface area contributed by atoms with Crippen molar-refractivity contribution in [3.05, 3.63) is 117 Å². The Kier molecular flexibility index (Phi) is 9.71. The van der Waals surface area contributed by atoms with Crippen LogP contribution in [0, 0.1) is 0 Å². The zero-order valence-electron chi connectivity index (χ0n) is 21.4. The summed E-state index contributed by atoms with van der Waals surface area (Å²) in [7, 11) is 3.30. The lowest BCUT2D eigenvalue weighted by Crippen LogP contribution is -2.25. The molecule has 8 heteroatoms. The molecule has 0 bridgehead atoms. The van der Waals surface area contributed by atoms with E-state index < -0.39 is 0 Å². The van der Waals surface area contributed by atoms with Gasteiger partial charge >= 0.3 is 0 Å². The lowest BCUT2D eigenvalue weighted by atomic mass is 10.1. The van der Waals surface area contributed by atoms with Crippen molar-refractivity contribution in [2.45, 2.75) is 26.1 Å². The van der Waals surface area contributed by atoms with Crippen LogP contribution in [0.15, 0.2) is 83.3 Å². The van der Waals surface area contributed by atoms with Gasteiger partial charge in [0.2, 0.25) is 0 Å². The number of halogens is 2. The van der Waals surface area contributed by atoms with Crippen LogP contribution in [-0.4, -0.2) is 31.6 Å². The molecule has 0 unspecified atom stereocenters. The molecular formula is C30H30Cl2N2O4. The predicted octanol–water partition coefficient (Wildman–Crippen LogP) is 6.78. The van der Waals surface area contributed by atoms with Gasteiger partial charge in [-0.15, -0.1) is 0 Å². The van der Waals surface area contributed by atoms with E-state index in [2.05, 4.69) is 22.3 Å². The molecule has 0 radical (unpaired) electrons. The van der Waals surface area contributed by atoms with Crippen LogP contribution in [0.2, 0.25) is 10.0 Å². The molecule has 38 heavy (non-hydrogen) atoms. The van der Waals surface area contributed by atoms with Crippen molar-refractivity contribution in [2.75, 3.05) is 20.8 Å². The van der Waals surface area contributed by atoms with Crippen LogP contribution in [0.25, 0.3) is 0 Å². The fourth-order valence-electron chi connectivity index (χ4n) is 4.18. The van der Waals surface area contributed by atoms with Gasteiger partial charge in [-0.05, 0) is 60.0 Å². The zero-order chi connectivity index (χ0) is 26.9. The number of ether oxygens (including phenoxy) is 2. The summed E-state index contributed by atoms with van der Waals surface area (Å²) in [6.45, 7) is 2.21. The van der Waals surface area contributed by atoms with E-state index in [1.54, 1.807) is 32.4 Å². The highest BCUT2D eigenvalue weighted by Crippen LogP contribution is 2.27. The Balaban J connectivity index is 1.43. The number of hydrogen-bond acceptors (Lipinski definition) is 5. The van der Waals surface area contributed by atoms with E-state index in [0.29, 0.717) is 48.4 Å². The third kappa shape index (κ3) is 7.54. The van der Waals surface area contributed by atoms with E-state index >= 15 is 0 Å². The van der Waals surface area contributed by atoms with E-state index in [0.717, 1.165) is 22.6 Å². The van der Waals surface area contributed by atoms with Crippen molar-refractivity contribution in [3.8, 4) is 11.5 Å². The van der Waals surface area contributed by atoms with Crippen LogP contribution in [0.1, 0.15) is 33.0 Å². The molecule has 0 saturated heterocycles. The molecule has 1 N–H and O–H groups in total. The first-order chi connectivity index (χ1) is 18.4. The van der Waals surface area contributed by atoms with Crippen LogP contribution in [0.3, 0.4) is 0 Å². The van der Waals surface area contributed by atoms with Gasteiger partial charge in [0.05, 0.1) is 20.8 Å². The standard InChI is InChI=1S/C30H30Cl2N2O4/c1-36-25-10-12-28(37-2)23(16-25)19-34(18-21-6-4-3-5-7-21)20-26-11-13-29(38-26)30(35)33-15-14-22-8-9-24(31)17-27(22)32/h3-13,16-17H,14-15,18-20H2,1-2H3,(H,33,35). The number of methoxy groups -OCH3 is 2. The lowest BCUT2D eigenvalue weighted by molar-refractivity contribution is 0.0922. The highest BCUT2D eigenvalue weighted by atomic mass is 35.5. The van der Waals surface area contributed by atoms with Crippen molar-refractivity contribution in [2.24, 2.45) is 0 Å². The average molecular weight is 553 g/mol. The van der Waals surface area contributed by atoms with Gasteiger partial charge in [0.25, 0.3) is 5.91 Å². The molecule has 0 aliphatic rings. The van der Waals surface area contributed by atoms with E-state index in [-0.39, 0.29) is 11.7 Å². The van der Waals surface area contributed by atoms with Gasteiger partial charge in [0.15, 0.2) is 5.76 Å². The molecular weight excluding hydrogens is 523 g/mol. The molecule has 198 valence electrons. The highest BCUT2D eigenvalue weighted by molar-refractivity contribution is 6.35. The van der Waals surface area contributed by atoms with Gasteiger partial charge in [-0.2, -0.15) is 0 Å². The van der Waals surface area contributed by atoms with Crippen molar-refractivity contribution in [1.29, 1.82) is 0 Å². The normalized spacial score (nSPS) is 11.0. The summed E-state index contributed by atoms with van der Waals surface area (Å²) in [6, 6.07) is 24.9. The Hall–Kier alpha value is -3.45. The molecule has 1 heterocycles. The minimum absolute atomic E-state index is 0.265. The smallest absolute Gasteiger partial charge is 0.287 e. The van der Waals surface area contributed by atoms with Crippen LogP contribution in [0.4, 0.5) is 0 Å². The molecule has 0 aliphatic heterocycles. The minimum atomic E-state index is -0.273. The van der Waals surface area contributed by atoms with Crippen molar-refractivity contribution >= 4 is 29.1 Å². The van der Waals surface area contributed by atoms with Gasteiger partial charge in [0, 0.05) is 35.2 Å². The quantitative estimate of drug-likeness (QED) is 0.210. The maximum Gasteiger partial charge on any atom is 0.287 e. The third-order valence-electron chi connectivity index (χ3n) is 6.09. The summed E-state index contributed by atoms with van der Waals surface area (Å²) in [5.41, 5.74) is 3.08. The zero-order valence-corrected chi connectivity index (χ0v) is 22.9. The average Bonchev–Trinajstić information content (AvgIpc) is 3.39. The second-order valence-electron chi connectivity index (χ2n) is 8.82. The SMILES string of the molecule is COc1ccc(OC)c(CN(Cc2ccccc2)Cc2ccc(C(=O)NCCc3ccc(Cl)cc3Cl)o2)c1. The summed E-state index contributed by atoms with van der Waals surface area (Å²) < 4.78 is 17.0. The number of nitrogens with one attached hydrogen (secondary N) is 1. The molecule has 1 aromatic heterocycles. The van der Waals surface area contributed by atoms with Gasteiger partial charge in [0.1, 0.15) is 17.3 Å². The van der Waals surface area contributed by atoms with Crippen LogP contribution in [0.5, 0.6) is 11.5 Å².